The van der Waals surface area contributed by atoms with Gasteiger partial charge in [-0.2, -0.15) is 0 Å². The highest BCUT2D eigenvalue weighted by Gasteiger charge is 2.23. The van der Waals surface area contributed by atoms with Crippen LogP contribution in [0.3, 0.4) is 0 Å². The second-order valence-corrected chi connectivity index (χ2v) is 5.53. The Labute approximate surface area is 107 Å². The van der Waals surface area contributed by atoms with E-state index in [1.54, 1.807) is 0 Å². The van der Waals surface area contributed by atoms with Crippen LogP contribution < -0.4 is 0 Å². The van der Waals surface area contributed by atoms with E-state index in [4.69, 9.17) is 0 Å². The molecule has 1 N–H and O–H groups in total. The van der Waals surface area contributed by atoms with E-state index in [-0.39, 0.29) is 6.10 Å². The summed E-state index contributed by atoms with van der Waals surface area (Å²) in [7, 11) is 2.23. The summed E-state index contributed by atoms with van der Waals surface area (Å²) >= 11 is 0. The van der Waals surface area contributed by atoms with Gasteiger partial charge in [-0.3, -0.25) is 4.90 Å². The lowest BCUT2D eigenvalue weighted by Crippen LogP contribution is -2.39. The van der Waals surface area contributed by atoms with E-state index in [0.717, 1.165) is 18.9 Å². The van der Waals surface area contributed by atoms with E-state index >= 15 is 0 Å². The quantitative estimate of drug-likeness (QED) is 0.659. The lowest BCUT2D eigenvalue weighted by Gasteiger charge is -2.27. The molecule has 102 valence electrons. The summed E-state index contributed by atoms with van der Waals surface area (Å²) in [4.78, 5) is 5.06. The Hall–Kier alpha value is -0.120. The van der Waals surface area contributed by atoms with Gasteiger partial charge in [0.2, 0.25) is 0 Å². The molecule has 1 saturated heterocycles. The summed E-state index contributed by atoms with van der Waals surface area (Å²) in [5.74, 6) is 0. The first kappa shape index (κ1) is 14.9. The second-order valence-electron chi connectivity index (χ2n) is 5.53. The standard InChI is InChI=1S/C14H30N2O/c1-4-16-11-7-9-14(16)12-15(3)10-6-5-8-13(2)17/h13-14,17H,4-12H2,1-3H3. The molecule has 3 heteroatoms. The Morgan fingerprint density at radius 3 is 2.82 bits per heavy atom. The fraction of sp³-hybridized carbons (Fsp3) is 1.00. The normalized spacial score (nSPS) is 23.5. The molecule has 0 aliphatic carbocycles. The Kier molecular flexibility index (Phi) is 7.09. The van der Waals surface area contributed by atoms with Gasteiger partial charge in [-0.15, -0.1) is 0 Å². The lowest BCUT2D eigenvalue weighted by molar-refractivity contribution is 0.173. The van der Waals surface area contributed by atoms with Gasteiger partial charge in [0.05, 0.1) is 6.10 Å². The third-order valence-electron chi connectivity index (χ3n) is 3.84. The number of unbranched alkanes of at least 4 members (excludes halogenated alkanes) is 1. The fourth-order valence-corrected chi connectivity index (χ4v) is 2.79. The molecule has 1 rings (SSSR count). The number of nitrogens with zero attached hydrogens (tertiary/aromatic N) is 2. The SMILES string of the molecule is CCN1CCCC1CN(C)CCCCC(C)O. The van der Waals surface area contributed by atoms with E-state index in [1.165, 1.54) is 45.4 Å². The van der Waals surface area contributed by atoms with E-state index in [0.29, 0.717) is 0 Å². The van der Waals surface area contributed by atoms with Crippen molar-refractivity contribution in [1.29, 1.82) is 0 Å². The minimum Gasteiger partial charge on any atom is -0.393 e. The van der Waals surface area contributed by atoms with Gasteiger partial charge in [-0.05, 0) is 65.7 Å². The van der Waals surface area contributed by atoms with Crippen molar-refractivity contribution in [2.24, 2.45) is 0 Å². The molecule has 1 fully saturated rings. The summed E-state index contributed by atoms with van der Waals surface area (Å²) in [6.07, 6.45) is 5.90. The molecule has 2 atom stereocenters. The number of likely N-dealkylation sites (tertiary alicyclic amines) is 1. The molecule has 0 saturated carbocycles. The molecule has 17 heavy (non-hydrogen) atoms. The minimum absolute atomic E-state index is 0.134. The largest absolute Gasteiger partial charge is 0.393 e. The van der Waals surface area contributed by atoms with Crippen LogP contribution in [0.15, 0.2) is 0 Å². The van der Waals surface area contributed by atoms with E-state index in [1.807, 2.05) is 6.92 Å². The van der Waals surface area contributed by atoms with Crippen molar-refractivity contribution < 1.29 is 5.11 Å². The predicted octanol–water partition coefficient (Wildman–Crippen LogP) is 1.95. The van der Waals surface area contributed by atoms with Crippen LogP contribution in [-0.2, 0) is 0 Å². The van der Waals surface area contributed by atoms with Gasteiger partial charge in [0.1, 0.15) is 0 Å². The molecule has 3 nitrogen and oxygen atoms in total. The van der Waals surface area contributed by atoms with Crippen LogP contribution in [-0.4, -0.2) is 60.3 Å². The number of hydrogen-bond donors (Lipinski definition) is 1. The highest BCUT2D eigenvalue weighted by molar-refractivity contribution is 4.80. The van der Waals surface area contributed by atoms with Crippen molar-refractivity contribution in [1.82, 2.24) is 9.80 Å². The molecule has 0 aromatic heterocycles. The van der Waals surface area contributed by atoms with E-state index in [9.17, 15) is 5.11 Å². The minimum atomic E-state index is -0.134. The molecule has 2 unspecified atom stereocenters. The van der Waals surface area contributed by atoms with Crippen LogP contribution >= 0.6 is 0 Å². The van der Waals surface area contributed by atoms with Gasteiger partial charge in [0.15, 0.2) is 0 Å². The summed E-state index contributed by atoms with van der Waals surface area (Å²) in [6, 6.07) is 0.779. The molecule has 0 amide bonds. The number of hydrogen-bond acceptors (Lipinski definition) is 3. The predicted molar refractivity (Wildman–Crippen MR) is 73.3 cm³/mol. The third kappa shape index (κ3) is 5.84. The van der Waals surface area contributed by atoms with E-state index < -0.39 is 0 Å². The Morgan fingerprint density at radius 1 is 1.41 bits per heavy atom. The molecule has 0 aromatic rings. The summed E-state index contributed by atoms with van der Waals surface area (Å²) in [6.45, 7) is 9.00. The van der Waals surface area contributed by atoms with Crippen molar-refractivity contribution in [3.05, 3.63) is 0 Å². The topological polar surface area (TPSA) is 26.7 Å². The number of likely N-dealkylation sites (N-methyl/N-ethyl adjacent to an activating group) is 2. The molecule has 1 aliphatic rings. The van der Waals surface area contributed by atoms with Crippen LogP contribution in [0, 0.1) is 0 Å². The van der Waals surface area contributed by atoms with Gasteiger partial charge in [0.25, 0.3) is 0 Å². The molecular weight excluding hydrogens is 212 g/mol. The van der Waals surface area contributed by atoms with Crippen molar-refractivity contribution in [2.45, 2.75) is 58.1 Å². The van der Waals surface area contributed by atoms with Crippen LogP contribution in [0.2, 0.25) is 0 Å². The molecule has 0 aromatic carbocycles. The zero-order valence-electron chi connectivity index (χ0n) is 11.9. The average Bonchev–Trinajstić information content (AvgIpc) is 2.71. The zero-order valence-corrected chi connectivity index (χ0v) is 11.9. The van der Waals surface area contributed by atoms with E-state index in [2.05, 4.69) is 23.8 Å². The number of rotatable bonds is 8. The summed E-state index contributed by atoms with van der Waals surface area (Å²) < 4.78 is 0. The van der Waals surface area contributed by atoms with Gasteiger partial charge < -0.3 is 10.0 Å². The van der Waals surface area contributed by atoms with Crippen molar-refractivity contribution in [3.63, 3.8) is 0 Å². The maximum atomic E-state index is 9.19. The van der Waals surface area contributed by atoms with Crippen LogP contribution in [0.1, 0.15) is 46.0 Å². The summed E-state index contributed by atoms with van der Waals surface area (Å²) in [5.41, 5.74) is 0. The van der Waals surface area contributed by atoms with Crippen LogP contribution in [0.5, 0.6) is 0 Å². The van der Waals surface area contributed by atoms with Crippen LogP contribution in [0.4, 0.5) is 0 Å². The lowest BCUT2D eigenvalue weighted by atomic mass is 10.1. The maximum Gasteiger partial charge on any atom is 0.0512 e. The van der Waals surface area contributed by atoms with Gasteiger partial charge >= 0.3 is 0 Å². The van der Waals surface area contributed by atoms with Crippen molar-refractivity contribution >= 4 is 0 Å². The van der Waals surface area contributed by atoms with Gasteiger partial charge in [-0.25, -0.2) is 0 Å². The van der Waals surface area contributed by atoms with Crippen molar-refractivity contribution in [2.75, 3.05) is 33.2 Å². The Bertz CT molecular complexity index is 197. The van der Waals surface area contributed by atoms with Crippen LogP contribution in [0.25, 0.3) is 0 Å². The maximum absolute atomic E-state index is 9.19. The highest BCUT2D eigenvalue weighted by Crippen LogP contribution is 2.17. The first-order valence-electron chi connectivity index (χ1n) is 7.24. The zero-order chi connectivity index (χ0) is 12.7. The summed E-state index contributed by atoms with van der Waals surface area (Å²) in [5, 5.41) is 9.19. The Balaban J connectivity index is 2.09. The van der Waals surface area contributed by atoms with Gasteiger partial charge in [0, 0.05) is 12.6 Å². The van der Waals surface area contributed by atoms with Gasteiger partial charge in [-0.1, -0.05) is 6.92 Å². The first-order chi connectivity index (χ1) is 8.13. The molecular formula is C14H30N2O. The Morgan fingerprint density at radius 2 is 2.18 bits per heavy atom. The molecule has 0 radical (unpaired) electrons. The molecule has 1 heterocycles. The fourth-order valence-electron chi connectivity index (χ4n) is 2.79. The monoisotopic (exact) mass is 242 g/mol. The number of aliphatic hydroxyl groups is 1. The number of aliphatic hydroxyl groups excluding tert-OH is 1. The molecule has 0 bridgehead atoms. The first-order valence-corrected chi connectivity index (χ1v) is 7.24. The third-order valence-corrected chi connectivity index (χ3v) is 3.84. The van der Waals surface area contributed by atoms with Crippen molar-refractivity contribution in [3.8, 4) is 0 Å². The molecule has 0 spiro atoms. The smallest absolute Gasteiger partial charge is 0.0512 e. The average molecular weight is 242 g/mol. The second kappa shape index (κ2) is 8.06. The molecule has 1 aliphatic heterocycles. The highest BCUT2D eigenvalue weighted by atomic mass is 16.3.